The Balaban J connectivity index is 2.03. The average Bonchev–Trinajstić information content (AvgIpc) is 2.86. The van der Waals surface area contributed by atoms with Crippen molar-refractivity contribution in [1.82, 2.24) is 13.9 Å². The fourth-order valence-corrected chi connectivity index (χ4v) is 5.03. The van der Waals surface area contributed by atoms with Crippen LogP contribution in [0.5, 0.6) is 0 Å². The lowest BCUT2D eigenvalue weighted by molar-refractivity contribution is 0.296. The molecule has 1 N–H and O–H groups in total. The molecule has 0 spiro atoms. The zero-order valence-corrected chi connectivity index (χ0v) is 14.6. The van der Waals surface area contributed by atoms with E-state index in [0.717, 1.165) is 19.3 Å². The van der Waals surface area contributed by atoms with Gasteiger partial charge in [-0.1, -0.05) is 6.42 Å². The van der Waals surface area contributed by atoms with Crippen LogP contribution in [0.4, 0.5) is 0 Å². The van der Waals surface area contributed by atoms with Crippen LogP contribution in [0, 0.1) is 6.92 Å². The Morgan fingerprint density at radius 1 is 1.33 bits per heavy atom. The summed E-state index contributed by atoms with van der Waals surface area (Å²) in [4.78, 5) is 3.29. The van der Waals surface area contributed by atoms with E-state index in [1.54, 1.807) is 15.6 Å². The molecule has 1 unspecified atom stereocenters. The lowest BCUT2D eigenvalue weighted by Crippen LogP contribution is -2.45. The third-order valence-corrected chi connectivity index (χ3v) is 6.64. The van der Waals surface area contributed by atoms with Crippen LogP contribution in [0.25, 0.3) is 0 Å². The minimum atomic E-state index is -3.35. The molecule has 7 heteroatoms. The van der Waals surface area contributed by atoms with Crippen LogP contribution < -0.4 is 4.72 Å². The summed E-state index contributed by atoms with van der Waals surface area (Å²) in [5.41, 5.74) is 1.22. The fraction of sp³-hybridized carbons (Fsp3) is 0.714. The smallest absolute Gasteiger partial charge is 0.279 e. The molecule has 0 aromatic carbocycles. The van der Waals surface area contributed by atoms with Gasteiger partial charge in [0.05, 0.1) is 6.04 Å². The van der Waals surface area contributed by atoms with Gasteiger partial charge < -0.3 is 4.90 Å². The number of likely N-dealkylation sites (N-methyl/N-ethyl adjacent to an activating group) is 1. The van der Waals surface area contributed by atoms with Crippen LogP contribution in [0.2, 0.25) is 0 Å². The summed E-state index contributed by atoms with van der Waals surface area (Å²) in [7, 11) is 0.616. The highest BCUT2D eigenvalue weighted by Gasteiger charge is 2.26. The van der Waals surface area contributed by atoms with Crippen LogP contribution in [0.3, 0.4) is 0 Å². The molecule has 1 fully saturated rings. The van der Waals surface area contributed by atoms with Gasteiger partial charge in [0.15, 0.2) is 0 Å². The Morgan fingerprint density at radius 3 is 2.52 bits per heavy atom. The molecule has 120 valence electrons. The van der Waals surface area contributed by atoms with Crippen molar-refractivity contribution in [3.05, 3.63) is 21.9 Å². The zero-order chi connectivity index (χ0) is 15.5. The standard InChI is InChI=1S/C14H25N3O2S2/c1-12-7-10-20-14(12)13(16(2)3)11-15-21(18,19)17-8-5-4-6-9-17/h7,10,13,15H,4-6,8-9,11H2,1-3H3. The lowest BCUT2D eigenvalue weighted by atomic mass is 10.1. The number of nitrogens with one attached hydrogen (secondary N) is 1. The van der Waals surface area contributed by atoms with Gasteiger partial charge in [0.1, 0.15) is 0 Å². The molecule has 2 rings (SSSR count). The molecule has 0 amide bonds. The van der Waals surface area contributed by atoms with Crippen molar-refractivity contribution >= 4 is 21.5 Å². The molecule has 0 saturated carbocycles. The number of hydrogen-bond donors (Lipinski definition) is 1. The van der Waals surface area contributed by atoms with Crippen LogP contribution >= 0.6 is 11.3 Å². The van der Waals surface area contributed by atoms with E-state index in [0.29, 0.717) is 19.6 Å². The van der Waals surface area contributed by atoms with Crippen LogP contribution in [0.1, 0.15) is 35.7 Å². The Labute approximate surface area is 132 Å². The summed E-state index contributed by atoms with van der Waals surface area (Å²) in [5.74, 6) is 0. The van der Waals surface area contributed by atoms with Gasteiger partial charge >= 0.3 is 0 Å². The van der Waals surface area contributed by atoms with Crippen molar-refractivity contribution in [1.29, 1.82) is 0 Å². The topological polar surface area (TPSA) is 52.7 Å². The number of piperidine rings is 1. The lowest BCUT2D eigenvalue weighted by Gasteiger charge is -2.29. The minimum Gasteiger partial charge on any atom is -0.300 e. The van der Waals surface area contributed by atoms with Gasteiger partial charge in [0.25, 0.3) is 10.2 Å². The molecule has 1 aliphatic rings. The van der Waals surface area contributed by atoms with Crippen molar-refractivity contribution in [2.75, 3.05) is 33.7 Å². The second-order valence-electron chi connectivity index (χ2n) is 5.76. The molecule has 2 heterocycles. The number of hydrogen-bond acceptors (Lipinski definition) is 4. The highest BCUT2D eigenvalue weighted by molar-refractivity contribution is 7.87. The average molecular weight is 332 g/mol. The van der Waals surface area contributed by atoms with E-state index in [4.69, 9.17) is 0 Å². The summed E-state index contributed by atoms with van der Waals surface area (Å²) in [5, 5.41) is 2.06. The molecule has 0 radical (unpaired) electrons. The molecule has 21 heavy (non-hydrogen) atoms. The Kier molecular flexibility index (Phi) is 5.79. The first-order valence-electron chi connectivity index (χ1n) is 7.37. The van der Waals surface area contributed by atoms with Gasteiger partial charge in [-0.05, 0) is 50.9 Å². The van der Waals surface area contributed by atoms with E-state index < -0.39 is 10.2 Å². The maximum Gasteiger partial charge on any atom is 0.279 e. The normalized spacial score (nSPS) is 19.0. The van der Waals surface area contributed by atoms with E-state index in [-0.39, 0.29) is 6.04 Å². The number of nitrogens with zero attached hydrogens (tertiary/aromatic N) is 2. The highest BCUT2D eigenvalue weighted by Crippen LogP contribution is 2.27. The first-order chi connectivity index (χ1) is 9.92. The van der Waals surface area contributed by atoms with E-state index in [9.17, 15) is 8.42 Å². The monoisotopic (exact) mass is 331 g/mol. The van der Waals surface area contributed by atoms with Crippen molar-refractivity contribution in [2.45, 2.75) is 32.2 Å². The Bertz CT molecular complexity index is 548. The molecule has 1 atom stereocenters. The molecule has 0 bridgehead atoms. The van der Waals surface area contributed by atoms with Gasteiger partial charge in [-0.25, -0.2) is 4.72 Å². The van der Waals surface area contributed by atoms with Crippen LogP contribution in [-0.4, -0.2) is 51.4 Å². The third kappa shape index (κ3) is 4.26. The van der Waals surface area contributed by atoms with Crippen molar-refractivity contribution in [2.24, 2.45) is 0 Å². The maximum atomic E-state index is 12.4. The summed E-state index contributed by atoms with van der Waals surface area (Å²) < 4.78 is 29.1. The summed E-state index contributed by atoms with van der Waals surface area (Å²) in [6.07, 6.45) is 3.05. The van der Waals surface area contributed by atoms with Gasteiger partial charge in [0, 0.05) is 24.5 Å². The van der Waals surface area contributed by atoms with E-state index in [1.165, 1.54) is 10.4 Å². The zero-order valence-electron chi connectivity index (χ0n) is 13.0. The first kappa shape index (κ1) is 16.9. The Morgan fingerprint density at radius 2 is 2.00 bits per heavy atom. The van der Waals surface area contributed by atoms with Gasteiger partial charge in [0.2, 0.25) is 0 Å². The number of aryl methyl sites for hydroxylation is 1. The molecular formula is C14H25N3O2S2. The Hall–Kier alpha value is -0.470. The SMILES string of the molecule is Cc1ccsc1C(CNS(=O)(=O)N1CCCCC1)N(C)C. The van der Waals surface area contributed by atoms with Crippen molar-refractivity contribution in [3.63, 3.8) is 0 Å². The van der Waals surface area contributed by atoms with Crippen LogP contribution in [0.15, 0.2) is 11.4 Å². The quantitative estimate of drug-likeness (QED) is 0.867. The summed E-state index contributed by atoms with van der Waals surface area (Å²) in [6, 6.07) is 2.15. The maximum absolute atomic E-state index is 12.4. The fourth-order valence-electron chi connectivity index (χ4n) is 2.62. The third-order valence-electron chi connectivity index (χ3n) is 3.94. The largest absolute Gasteiger partial charge is 0.300 e. The molecule has 0 aliphatic carbocycles. The molecule has 1 aromatic rings. The predicted molar refractivity (Wildman–Crippen MR) is 87.8 cm³/mol. The van der Waals surface area contributed by atoms with E-state index in [1.807, 2.05) is 14.1 Å². The molecule has 1 aromatic heterocycles. The summed E-state index contributed by atoms with van der Waals surface area (Å²) in [6.45, 7) is 3.76. The van der Waals surface area contributed by atoms with Crippen LogP contribution in [-0.2, 0) is 10.2 Å². The highest BCUT2D eigenvalue weighted by atomic mass is 32.2. The van der Waals surface area contributed by atoms with E-state index >= 15 is 0 Å². The van der Waals surface area contributed by atoms with Crippen molar-refractivity contribution < 1.29 is 8.42 Å². The van der Waals surface area contributed by atoms with Gasteiger partial charge in [-0.15, -0.1) is 11.3 Å². The second kappa shape index (κ2) is 7.19. The minimum absolute atomic E-state index is 0.0737. The molecule has 1 saturated heterocycles. The van der Waals surface area contributed by atoms with Crippen molar-refractivity contribution in [3.8, 4) is 0 Å². The predicted octanol–water partition coefficient (Wildman–Crippen LogP) is 1.98. The van der Waals surface area contributed by atoms with Gasteiger partial charge in [-0.3, -0.25) is 0 Å². The second-order valence-corrected chi connectivity index (χ2v) is 8.46. The van der Waals surface area contributed by atoms with Gasteiger partial charge in [-0.2, -0.15) is 12.7 Å². The first-order valence-corrected chi connectivity index (χ1v) is 9.69. The summed E-state index contributed by atoms with van der Waals surface area (Å²) >= 11 is 1.68. The number of thiophene rings is 1. The molecular weight excluding hydrogens is 306 g/mol. The number of rotatable bonds is 6. The van der Waals surface area contributed by atoms with E-state index in [2.05, 4.69) is 28.0 Å². The molecule has 5 nitrogen and oxygen atoms in total. The molecule has 1 aliphatic heterocycles.